The van der Waals surface area contributed by atoms with Crippen LogP contribution in [0.2, 0.25) is 0 Å². The van der Waals surface area contributed by atoms with Crippen LogP contribution >= 0.6 is 0 Å². The van der Waals surface area contributed by atoms with Crippen molar-refractivity contribution in [3.63, 3.8) is 0 Å². The van der Waals surface area contributed by atoms with Gasteiger partial charge in [-0.15, -0.1) is 0 Å². The van der Waals surface area contributed by atoms with E-state index >= 15 is 0 Å². The number of nitrogens with zero attached hydrogens (tertiary/aromatic N) is 1. The number of carbonyl (C=O) groups excluding carboxylic acids is 1. The van der Waals surface area contributed by atoms with Crippen molar-refractivity contribution in [3.05, 3.63) is 35.9 Å². The predicted octanol–water partition coefficient (Wildman–Crippen LogP) is 2.69. The molecule has 1 rings (SSSR count). The minimum atomic E-state index is -0.904. The largest absolute Gasteiger partial charge is 0.481 e. The van der Waals surface area contributed by atoms with Crippen molar-refractivity contribution in [3.8, 4) is 0 Å². The Hall–Kier alpha value is -1.88. The average Bonchev–Trinajstić information content (AvgIpc) is 2.52. The molecule has 1 aromatic carbocycles. The van der Waals surface area contributed by atoms with Crippen LogP contribution < -0.4 is 0 Å². The quantitative estimate of drug-likeness (QED) is 0.711. The summed E-state index contributed by atoms with van der Waals surface area (Å²) in [5.41, 5.74) is 0.916. The molecule has 5 heteroatoms. The number of hydrogen-bond acceptors (Lipinski definition) is 4. The number of aliphatic carboxylic acids is 1. The lowest BCUT2D eigenvalue weighted by Crippen LogP contribution is -2.44. The Morgan fingerprint density at radius 1 is 1.27 bits per heavy atom. The third-order valence-electron chi connectivity index (χ3n) is 3.91. The molecule has 2 atom stereocenters. The predicted molar refractivity (Wildman–Crippen MR) is 84.4 cm³/mol. The van der Waals surface area contributed by atoms with Crippen LogP contribution in [0.25, 0.3) is 0 Å². The molecule has 5 nitrogen and oxygen atoms in total. The maximum absolute atomic E-state index is 12.3. The van der Waals surface area contributed by atoms with E-state index in [1.165, 1.54) is 0 Å². The van der Waals surface area contributed by atoms with Gasteiger partial charge in [0.1, 0.15) is 12.6 Å². The van der Waals surface area contributed by atoms with Crippen molar-refractivity contribution in [1.29, 1.82) is 0 Å². The van der Waals surface area contributed by atoms with Crippen LogP contribution in [0.1, 0.15) is 38.7 Å². The number of esters is 1. The Kier molecular flexibility index (Phi) is 7.60. The van der Waals surface area contributed by atoms with Gasteiger partial charge in [-0.25, -0.2) is 0 Å². The summed E-state index contributed by atoms with van der Waals surface area (Å²) in [5, 5.41) is 8.86. The third kappa shape index (κ3) is 5.85. The number of benzene rings is 1. The number of hydrogen-bond donors (Lipinski definition) is 1. The van der Waals surface area contributed by atoms with Gasteiger partial charge in [-0.1, -0.05) is 37.3 Å². The fraction of sp³-hybridized carbons (Fsp3) is 0.529. The highest BCUT2D eigenvalue weighted by molar-refractivity contribution is 5.77. The van der Waals surface area contributed by atoms with Crippen molar-refractivity contribution in [2.75, 3.05) is 7.05 Å². The minimum absolute atomic E-state index is 0.0497. The van der Waals surface area contributed by atoms with E-state index in [0.29, 0.717) is 0 Å². The monoisotopic (exact) mass is 307 g/mol. The van der Waals surface area contributed by atoms with Gasteiger partial charge in [-0.05, 0) is 32.4 Å². The van der Waals surface area contributed by atoms with E-state index in [2.05, 4.69) is 0 Å². The van der Waals surface area contributed by atoms with Crippen LogP contribution in [-0.2, 0) is 20.9 Å². The second-order valence-electron chi connectivity index (χ2n) is 5.46. The first-order valence-electron chi connectivity index (χ1n) is 7.60. The molecule has 0 radical (unpaired) electrons. The van der Waals surface area contributed by atoms with Crippen LogP contribution in [0.3, 0.4) is 0 Å². The van der Waals surface area contributed by atoms with Crippen LogP contribution in [-0.4, -0.2) is 41.1 Å². The Bertz CT molecular complexity index is 475. The molecule has 122 valence electrons. The molecule has 0 aliphatic rings. The molecule has 0 bridgehead atoms. The van der Waals surface area contributed by atoms with Crippen molar-refractivity contribution in [2.45, 2.75) is 51.8 Å². The number of carboxylic acids is 1. The van der Waals surface area contributed by atoms with Gasteiger partial charge in [0.05, 0.1) is 0 Å². The summed E-state index contributed by atoms with van der Waals surface area (Å²) in [6, 6.07) is 9.10. The first kappa shape index (κ1) is 18.2. The van der Waals surface area contributed by atoms with Gasteiger partial charge in [0, 0.05) is 12.5 Å². The van der Waals surface area contributed by atoms with Gasteiger partial charge in [-0.3, -0.25) is 14.5 Å². The van der Waals surface area contributed by atoms with Gasteiger partial charge in [0.25, 0.3) is 0 Å². The molecule has 22 heavy (non-hydrogen) atoms. The molecule has 1 N–H and O–H groups in total. The molecule has 0 amide bonds. The van der Waals surface area contributed by atoms with E-state index in [0.717, 1.165) is 12.0 Å². The SMILES string of the molecule is CCC(C)N(C)[C@@H](CCC(=O)O)C(=O)OCc1ccccc1. The zero-order valence-electron chi connectivity index (χ0n) is 13.5. The van der Waals surface area contributed by atoms with E-state index < -0.39 is 12.0 Å². The number of carboxylic acid groups (broad SMARTS) is 1. The standard InChI is InChI=1S/C17H25NO4/c1-4-13(2)18(3)15(10-11-16(19)20)17(21)22-12-14-8-6-5-7-9-14/h5-9,13,15H,4,10-12H2,1-3H3,(H,19,20)/t13?,15-/m0/s1. The lowest BCUT2D eigenvalue weighted by Gasteiger charge is -2.30. The van der Waals surface area contributed by atoms with E-state index in [-0.39, 0.29) is 31.5 Å². The van der Waals surface area contributed by atoms with Crippen LogP contribution in [0, 0.1) is 0 Å². The van der Waals surface area contributed by atoms with E-state index in [9.17, 15) is 9.59 Å². The van der Waals surface area contributed by atoms with Crippen LogP contribution in [0.5, 0.6) is 0 Å². The molecule has 0 fully saturated rings. The summed E-state index contributed by atoms with van der Waals surface area (Å²) < 4.78 is 5.36. The van der Waals surface area contributed by atoms with Gasteiger partial charge in [-0.2, -0.15) is 0 Å². The third-order valence-corrected chi connectivity index (χ3v) is 3.91. The van der Waals surface area contributed by atoms with Gasteiger partial charge in [0.15, 0.2) is 0 Å². The van der Waals surface area contributed by atoms with Gasteiger partial charge >= 0.3 is 11.9 Å². The lowest BCUT2D eigenvalue weighted by atomic mass is 10.1. The molecule has 0 heterocycles. The Morgan fingerprint density at radius 2 is 1.91 bits per heavy atom. The smallest absolute Gasteiger partial charge is 0.323 e. The molecule has 1 unspecified atom stereocenters. The molecule has 0 saturated heterocycles. The molecular formula is C17H25NO4. The normalized spacial score (nSPS) is 13.6. The maximum atomic E-state index is 12.3. The molecule has 0 aliphatic heterocycles. The zero-order valence-corrected chi connectivity index (χ0v) is 13.5. The summed E-state index contributed by atoms with van der Waals surface area (Å²) in [6.45, 7) is 4.25. The van der Waals surface area contributed by atoms with Crippen molar-refractivity contribution < 1.29 is 19.4 Å². The Balaban J connectivity index is 2.67. The average molecular weight is 307 g/mol. The highest BCUT2D eigenvalue weighted by atomic mass is 16.5. The van der Waals surface area contributed by atoms with E-state index in [1.54, 1.807) is 0 Å². The van der Waals surface area contributed by atoms with Crippen LogP contribution in [0.4, 0.5) is 0 Å². The summed E-state index contributed by atoms with van der Waals surface area (Å²) >= 11 is 0. The Morgan fingerprint density at radius 3 is 2.45 bits per heavy atom. The summed E-state index contributed by atoms with van der Waals surface area (Å²) in [4.78, 5) is 25.0. The number of carbonyl (C=O) groups is 2. The highest BCUT2D eigenvalue weighted by Gasteiger charge is 2.27. The number of likely N-dealkylation sites (N-methyl/N-ethyl adjacent to an activating group) is 1. The minimum Gasteiger partial charge on any atom is -0.481 e. The Labute approximate surface area is 131 Å². The molecule has 0 aromatic heterocycles. The highest BCUT2D eigenvalue weighted by Crippen LogP contribution is 2.14. The van der Waals surface area contributed by atoms with E-state index in [4.69, 9.17) is 9.84 Å². The molecule has 1 aromatic rings. The van der Waals surface area contributed by atoms with E-state index in [1.807, 2.05) is 56.1 Å². The fourth-order valence-electron chi connectivity index (χ4n) is 2.17. The number of ether oxygens (including phenoxy) is 1. The molecule has 0 spiro atoms. The number of rotatable bonds is 9. The second-order valence-corrected chi connectivity index (χ2v) is 5.46. The summed E-state index contributed by atoms with van der Waals surface area (Å²) in [7, 11) is 1.84. The second kappa shape index (κ2) is 9.20. The topological polar surface area (TPSA) is 66.8 Å². The van der Waals surface area contributed by atoms with Crippen LogP contribution in [0.15, 0.2) is 30.3 Å². The van der Waals surface area contributed by atoms with Crippen molar-refractivity contribution in [1.82, 2.24) is 4.90 Å². The molecule has 0 aliphatic carbocycles. The summed E-state index contributed by atoms with van der Waals surface area (Å²) in [5.74, 6) is -1.27. The van der Waals surface area contributed by atoms with Crippen molar-refractivity contribution in [2.24, 2.45) is 0 Å². The first-order valence-corrected chi connectivity index (χ1v) is 7.60. The fourth-order valence-corrected chi connectivity index (χ4v) is 2.17. The molecule has 0 saturated carbocycles. The summed E-state index contributed by atoms with van der Waals surface area (Å²) in [6.07, 6.45) is 1.09. The lowest BCUT2D eigenvalue weighted by molar-refractivity contribution is -0.152. The zero-order chi connectivity index (χ0) is 16.5. The van der Waals surface area contributed by atoms with Gasteiger partial charge < -0.3 is 9.84 Å². The van der Waals surface area contributed by atoms with Gasteiger partial charge in [0.2, 0.25) is 0 Å². The maximum Gasteiger partial charge on any atom is 0.323 e. The first-order chi connectivity index (χ1) is 10.5. The molecular weight excluding hydrogens is 282 g/mol. The van der Waals surface area contributed by atoms with Crippen molar-refractivity contribution >= 4 is 11.9 Å².